The Bertz CT molecular complexity index is 624. The van der Waals surface area contributed by atoms with Crippen molar-refractivity contribution >= 4 is 47.6 Å². The average molecular weight is 508 g/mol. The summed E-state index contributed by atoms with van der Waals surface area (Å²) in [7, 11) is 0. The van der Waals surface area contributed by atoms with E-state index < -0.39 is 0 Å². The lowest BCUT2D eigenvalue weighted by molar-refractivity contribution is -0.130. The number of carbonyl (C=O) groups excluding carboxylic acids is 1. The second-order valence-electron chi connectivity index (χ2n) is 6.34. The highest BCUT2D eigenvalue weighted by molar-refractivity contribution is 14.0. The van der Waals surface area contributed by atoms with E-state index in [0.29, 0.717) is 19.0 Å². The van der Waals surface area contributed by atoms with Crippen LogP contribution in [0.4, 0.5) is 4.39 Å². The van der Waals surface area contributed by atoms with Crippen molar-refractivity contribution in [1.29, 1.82) is 0 Å². The van der Waals surface area contributed by atoms with Gasteiger partial charge in [-0.2, -0.15) is 11.8 Å². The minimum atomic E-state index is -0.223. The van der Waals surface area contributed by atoms with Gasteiger partial charge >= 0.3 is 0 Å². The predicted molar refractivity (Wildman–Crippen MR) is 122 cm³/mol. The summed E-state index contributed by atoms with van der Waals surface area (Å²) in [5.74, 6) is 1.25. The number of amides is 1. The first-order valence-electron chi connectivity index (χ1n) is 9.20. The van der Waals surface area contributed by atoms with E-state index in [1.807, 2.05) is 18.1 Å². The number of aliphatic imine (C=N–C) groups is 1. The van der Waals surface area contributed by atoms with E-state index >= 15 is 0 Å². The van der Waals surface area contributed by atoms with Crippen LogP contribution in [0.5, 0.6) is 0 Å². The zero-order chi connectivity index (χ0) is 18.8. The molecule has 0 unspecified atom stereocenters. The number of nitrogens with one attached hydrogen (secondary N) is 2. The Labute approximate surface area is 183 Å². The van der Waals surface area contributed by atoms with Crippen molar-refractivity contribution in [3.8, 4) is 0 Å². The van der Waals surface area contributed by atoms with Crippen LogP contribution in [-0.2, 0) is 17.1 Å². The van der Waals surface area contributed by atoms with E-state index in [0.717, 1.165) is 42.8 Å². The Balaban J connectivity index is 0.00000364. The van der Waals surface area contributed by atoms with Gasteiger partial charge in [0.05, 0.1) is 13.1 Å². The van der Waals surface area contributed by atoms with Crippen molar-refractivity contribution in [2.75, 3.05) is 32.4 Å². The number of halogens is 2. The van der Waals surface area contributed by atoms with E-state index in [-0.39, 0.29) is 42.2 Å². The number of rotatable bonds is 7. The van der Waals surface area contributed by atoms with Crippen molar-refractivity contribution in [2.24, 2.45) is 4.99 Å². The molecule has 1 heterocycles. The second kappa shape index (κ2) is 13.2. The van der Waals surface area contributed by atoms with Gasteiger partial charge < -0.3 is 15.5 Å². The van der Waals surface area contributed by atoms with Gasteiger partial charge in [0, 0.05) is 25.4 Å². The smallest absolute Gasteiger partial charge is 0.241 e. The molecule has 152 valence electrons. The number of benzene rings is 1. The molecule has 0 aliphatic carbocycles. The van der Waals surface area contributed by atoms with Gasteiger partial charge in [0.1, 0.15) is 5.82 Å². The lowest BCUT2D eigenvalue weighted by Gasteiger charge is -2.27. The SMILES string of the molecule is CCNC(=NCc1ccc(F)cc1CSC)NCC(=O)N1CCCCC1.I. The van der Waals surface area contributed by atoms with Gasteiger partial charge in [0.25, 0.3) is 0 Å². The lowest BCUT2D eigenvalue weighted by atomic mass is 10.1. The molecule has 1 aliphatic rings. The Morgan fingerprint density at radius 3 is 2.63 bits per heavy atom. The third kappa shape index (κ3) is 8.25. The van der Waals surface area contributed by atoms with Crippen molar-refractivity contribution in [2.45, 2.75) is 38.5 Å². The van der Waals surface area contributed by atoms with Gasteiger partial charge in [0.15, 0.2) is 5.96 Å². The molecule has 1 aromatic rings. The highest BCUT2D eigenvalue weighted by Gasteiger charge is 2.16. The molecule has 1 aliphatic heterocycles. The predicted octanol–water partition coefficient (Wildman–Crippen LogP) is 3.37. The molecule has 8 heteroatoms. The van der Waals surface area contributed by atoms with E-state index in [4.69, 9.17) is 0 Å². The van der Waals surface area contributed by atoms with Crippen LogP contribution < -0.4 is 10.6 Å². The minimum absolute atomic E-state index is 0. The molecule has 0 radical (unpaired) electrons. The molecule has 2 rings (SSSR count). The fraction of sp³-hybridized carbons (Fsp3) is 0.579. The van der Waals surface area contributed by atoms with Gasteiger partial charge in [0.2, 0.25) is 5.91 Å². The zero-order valence-corrected chi connectivity index (χ0v) is 19.2. The van der Waals surface area contributed by atoms with Gasteiger partial charge in [-0.25, -0.2) is 9.38 Å². The summed E-state index contributed by atoms with van der Waals surface area (Å²) in [5, 5.41) is 6.28. The Hall–Kier alpha value is -1.03. The van der Waals surface area contributed by atoms with Crippen molar-refractivity contribution in [3.05, 3.63) is 35.1 Å². The summed E-state index contributed by atoms with van der Waals surface area (Å²) >= 11 is 1.66. The van der Waals surface area contributed by atoms with Crippen molar-refractivity contribution < 1.29 is 9.18 Å². The highest BCUT2D eigenvalue weighted by atomic mass is 127. The van der Waals surface area contributed by atoms with Gasteiger partial charge in [-0.05, 0) is 55.7 Å². The Morgan fingerprint density at radius 2 is 1.96 bits per heavy atom. The molecule has 1 fully saturated rings. The molecule has 5 nitrogen and oxygen atoms in total. The number of hydrogen-bond acceptors (Lipinski definition) is 3. The number of thioether (sulfide) groups is 1. The molecular weight excluding hydrogens is 478 g/mol. The molecule has 0 atom stereocenters. The Morgan fingerprint density at radius 1 is 1.22 bits per heavy atom. The summed E-state index contributed by atoms with van der Waals surface area (Å²) in [5.41, 5.74) is 1.96. The first-order chi connectivity index (χ1) is 12.6. The molecular formula is C19H30FIN4OS. The number of likely N-dealkylation sites (tertiary alicyclic amines) is 1. The first kappa shape index (κ1) is 24.0. The van der Waals surface area contributed by atoms with Gasteiger partial charge in [-0.1, -0.05) is 6.07 Å². The van der Waals surface area contributed by atoms with Crippen LogP contribution in [0.15, 0.2) is 23.2 Å². The zero-order valence-electron chi connectivity index (χ0n) is 16.1. The maximum absolute atomic E-state index is 13.5. The fourth-order valence-corrected chi connectivity index (χ4v) is 3.54. The summed E-state index contributed by atoms with van der Waals surface area (Å²) in [6.07, 6.45) is 5.37. The lowest BCUT2D eigenvalue weighted by Crippen LogP contribution is -2.46. The summed E-state index contributed by atoms with van der Waals surface area (Å²) in [4.78, 5) is 18.8. The molecule has 0 saturated carbocycles. The molecule has 1 saturated heterocycles. The van der Waals surface area contributed by atoms with Crippen molar-refractivity contribution in [3.63, 3.8) is 0 Å². The van der Waals surface area contributed by atoms with Crippen LogP contribution in [0, 0.1) is 5.82 Å². The second-order valence-corrected chi connectivity index (χ2v) is 7.20. The van der Waals surface area contributed by atoms with Crippen LogP contribution in [-0.4, -0.2) is 49.2 Å². The summed E-state index contributed by atoms with van der Waals surface area (Å²) in [6.45, 7) is 5.09. The number of guanidine groups is 1. The number of hydrogen-bond donors (Lipinski definition) is 2. The normalized spacial score (nSPS) is 14.5. The van der Waals surface area contributed by atoms with E-state index in [1.165, 1.54) is 12.5 Å². The van der Waals surface area contributed by atoms with E-state index in [2.05, 4.69) is 15.6 Å². The standard InChI is InChI=1S/C19H29FN4OS.HI/c1-3-21-19(23-13-18(25)24-9-5-4-6-10-24)22-12-15-7-8-17(20)11-16(15)14-26-2;/h7-8,11H,3-6,9-10,12-14H2,1-2H3,(H2,21,22,23);1H. The van der Waals surface area contributed by atoms with Crippen LogP contribution in [0.1, 0.15) is 37.3 Å². The van der Waals surface area contributed by atoms with Gasteiger partial charge in [-0.3, -0.25) is 4.79 Å². The molecule has 0 bridgehead atoms. The molecule has 27 heavy (non-hydrogen) atoms. The number of piperidine rings is 1. The monoisotopic (exact) mass is 508 g/mol. The Kier molecular flexibility index (Phi) is 11.7. The van der Waals surface area contributed by atoms with Crippen molar-refractivity contribution in [1.82, 2.24) is 15.5 Å². The molecule has 0 aromatic heterocycles. The quantitative estimate of drug-likeness (QED) is 0.337. The van der Waals surface area contributed by atoms with E-state index in [9.17, 15) is 9.18 Å². The summed E-state index contributed by atoms with van der Waals surface area (Å²) < 4.78 is 13.5. The maximum atomic E-state index is 13.5. The third-order valence-electron chi connectivity index (χ3n) is 4.34. The maximum Gasteiger partial charge on any atom is 0.241 e. The molecule has 1 amide bonds. The fourth-order valence-electron chi connectivity index (χ4n) is 2.96. The van der Waals surface area contributed by atoms with Crippen LogP contribution in [0.2, 0.25) is 0 Å². The van der Waals surface area contributed by atoms with Crippen LogP contribution in [0.25, 0.3) is 0 Å². The number of carbonyl (C=O) groups is 1. The third-order valence-corrected chi connectivity index (χ3v) is 4.94. The first-order valence-corrected chi connectivity index (χ1v) is 10.6. The van der Waals surface area contributed by atoms with Crippen LogP contribution in [0.3, 0.4) is 0 Å². The molecule has 1 aromatic carbocycles. The van der Waals surface area contributed by atoms with Crippen LogP contribution >= 0.6 is 35.7 Å². The highest BCUT2D eigenvalue weighted by Crippen LogP contribution is 2.17. The topological polar surface area (TPSA) is 56.7 Å². The number of nitrogens with zero attached hydrogens (tertiary/aromatic N) is 2. The molecule has 0 spiro atoms. The largest absolute Gasteiger partial charge is 0.357 e. The minimum Gasteiger partial charge on any atom is -0.357 e. The summed E-state index contributed by atoms with van der Waals surface area (Å²) in [6, 6.07) is 4.82. The molecule has 2 N–H and O–H groups in total. The average Bonchev–Trinajstić information content (AvgIpc) is 2.66. The van der Waals surface area contributed by atoms with E-state index in [1.54, 1.807) is 23.9 Å². The van der Waals surface area contributed by atoms with Gasteiger partial charge in [-0.15, -0.1) is 24.0 Å².